The number of nitrogens with two attached hydrogens (primary N) is 1. The molecule has 60 valence electrons. The molecule has 0 heterocycles. The Morgan fingerprint density at radius 3 is 2.60 bits per heavy atom. The van der Waals surface area contributed by atoms with Crippen LogP contribution in [0.2, 0.25) is 0 Å². The Morgan fingerprint density at radius 2 is 1.90 bits per heavy atom. The van der Waals surface area contributed by atoms with E-state index >= 15 is 0 Å². The van der Waals surface area contributed by atoms with Gasteiger partial charge >= 0.3 is 0 Å². The molecule has 2 unspecified atom stereocenters. The number of rotatable bonds is 0. The maximum atomic E-state index is 5.94. The van der Waals surface area contributed by atoms with Crippen LogP contribution in [0.25, 0.3) is 0 Å². The van der Waals surface area contributed by atoms with E-state index in [0.717, 1.165) is 11.8 Å². The molecule has 3 atom stereocenters. The fourth-order valence-electron chi connectivity index (χ4n) is 1.91. The average Bonchev–Trinajstić information content (AvgIpc) is 1.96. The second-order valence-corrected chi connectivity index (χ2v) is 3.91. The van der Waals surface area contributed by atoms with Gasteiger partial charge in [0, 0.05) is 6.04 Å². The molecule has 0 saturated heterocycles. The van der Waals surface area contributed by atoms with Gasteiger partial charge in [0.2, 0.25) is 0 Å². The van der Waals surface area contributed by atoms with Crippen LogP contribution in [0, 0.1) is 11.8 Å². The molecule has 0 radical (unpaired) electrons. The summed E-state index contributed by atoms with van der Waals surface area (Å²) >= 11 is 0. The first-order valence-electron chi connectivity index (χ1n) is 4.45. The van der Waals surface area contributed by atoms with Crippen molar-refractivity contribution in [3.05, 3.63) is 0 Å². The average molecular weight is 141 g/mol. The molecule has 0 aliphatic heterocycles. The van der Waals surface area contributed by atoms with Crippen molar-refractivity contribution in [2.24, 2.45) is 17.6 Å². The predicted octanol–water partition coefficient (Wildman–Crippen LogP) is 2.16. The summed E-state index contributed by atoms with van der Waals surface area (Å²) in [5.74, 6) is 1.65. The molecular formula is C9H19N. The number of hydrogen-bond acceptors (Lipinski definition) is 1. The van der Waals surface area contributed by atoms with Crippen molar-refractivity contribution in [2.75, 3.05) is 0 Å². The van der Waals surface area contributed by atoms with Crippen LogP contribution in [0.15, 0.2) is 0 Å². The lowest BCUT2D eigenvalue weighted by molar-refractivity contribution is 0.388. The zero-order valence-electron chi connectivity index (χ0n) is 7.14. The van der Waals surface area contributed by atoms with Crippen LogP contribution in [0.3, 0.4) is 0 Å². The van der Waals surface area contributed by atoms with Gasteiger partial charge in [-0.15, -0.1) is 0 Å². The minimum absolute atomic E-state index is 0.477. The van der Waals surface area contributed by atoms with Crippen molar-refractivity contribution in [1.82, 2.24) is 0 Å². The van der Waals surface area contributed by atoms with Crippen LogP contribution in [-0.2, 0) is 0 Å². The molecular weight excluding hydrogens is 122 g/mol. The summed E-state index contributed by atoms with van der Waals surface area (Å²) in [5, 5.41) is 0. The zero-order valence-corrected chi connectivity index (χ0v) is 7.14. The van der Waals surface area contributed by atoms with E-state index < -0.39 is 0 Å². The van der Waals surface area contributed by atoms with Crippen LogP contribution in [0.5, 0.6) is 0 Å². The third-order valence-corrected chi connectivity index (χ3v) is 2.74. The summed E-state index contributed by atoms with van der Waals surface area (Å²) in [6.07, 6.45) is 5.30. The molecule has 1 aliphatic rings. The first-order valence-corrected chi connectivity index (χ1v) is 4.45. The molecule has 1 rings (SSSR count). The quantitative estimate of drug-likeness (QED) is 0.514. The lowest BCUT2D eigenvalue weighted by Gasteiger charge is -2.17. The van der Waals surface area contributed by atoms with Gasteiger partial charge in [-0.05, 0) is 24.7 Å². The Hall–Kier alpha value is -0.0400. The van der Waals surface area contributed by atoms with Gasteiger partial charge in [0.05, 0.1) is 0 Å². The summed E-state index contributed by atoms with van der Waals surface area (Å²) in [7, 11) is 0. The monoisotopic (exact) mass is 141 g/mol. The molecule has 2 N–H and O–H groups in total. The Balaban J connectivity index is 2.41. The van der Waals surface area contributed by atoms with Gasteiger partial charge in [0.25, 0.3) is 0 Å². The minimum atomic E-state index is 0.477. The van der Waals surface area contributed by atoms with Gasteiger partial charge < -0.3 is 5.73 Å². The summed E-state index contributed by atoms with van der Waals surface area (Å²) in [6.45, 7) is 4.63. The summed E-state index contributed by atoms with van der Waals surface area (Å²) in [6, 6.07) is 0.477. The Morgan fingerprint density at radius 1 is 1.20 bits per heavy atom. The molecule has 1 fully saturated rings. The molecule has 1 nitrogen and oxygen atoms in total. The molecule has 0 spiro atoms. The SMILES string of the molecule is CC1CCCC(N)[C@H](C)C1. The normalized spacial score (nSPS) is 42.9. The lowest BCUT2D eigenvalue weighted by atomic mass is 9.94. The Labute approximate surface area is 64.0 Å². The predicted molar refractivity (Wildman–Crippen MR) is 44.8 cm³/mol. The topological polar surface area (TPSA) is 26.0 Å². The molecule has 1 saturated carbocycles. The third kappa shape index (κ3) is 1.98. The van der Waals surface area contributed by atoms with Crippen molar-refractivity contribution < 1.29 is 0 Å². The molecule has 10 heavy (non-hydrogen) atoms. The molecule has 1 aliphatic carbocycles. The number of hydrogen-bond donors (Lipinski definition) is 1. The van der Waals surface area contributed by atoms with E-state index in [0.29, 0.717) is 6.04 Å². The highest BCUT2D eigenvalue weighted by molar-refractivity contribution is 4.75. The Kier molecular flexibility index (Phi) is 2.72. The molecule has 0 aromatic rings. The van der Waals surface area contributed by atoms with Crippen LogP contribution >= 0.6 is 0 Å². The van der Waals surface area contributed by atoms with E-state index in [-0.39, 0.29) is 0 Å². The van der Waals surface area contributed by atoms with Gasteiger partial charge in [0.1, 0.15) is 0 Å². The van der Waals surface area contributed by atoms with Crippen molar-refractivity contribution in [3.8, 4) is 0 Å². The standard InChI is InChI=1S/C9H19N/c1-7-4-3-5-9(10)8(2)6-7/h7-9H,3-6,10H2,1-2H3/t7?,8-,9?/m1/s1. The highest BCUT2D eigenvalue weighted by Crippen LogP contribution is 2.25. The van der Waals surface area contributed by atoms with Gasteiger partial charge in [-0.2, -0.15) is 0 Å². The second kappa shape index (κ2) is 3.38. The molecule has 0 bridgehead atoms. The zero-order chi connectivity index (χ0) is 7.56. The fraction of sp³-hybridized carbons (Fsp3) is 1.00. The first-order chi connectivity index (χ1) is 4.70. The molecule has 1 heteroatoms. The van der Waals surface area contributed by atoms with Crippen LogP contribution in [-0.4, -0.2) is 6.04 Å². The molecule has 0 amide bonds. The largest absolute Gasteiger partial charge is 0.327 e. The Bertz CT molecular complexity index is 101. The van der Waals surface area contributed by atoms with Crippen molar-refractivity contribution in [3.63, 3.8) is 0 Å². The highest BCUT2D eigenvalue weighted by Gasteiger charge is 2.19. The minimum Gasteiger partial charge on any atom is -0.327 e. The third-order valence-electron chi connectivity index (χ3n) is 2.74. The van der Waals surface area contributed by atoms with Gasteiger partial charge in [0.15, 0.2) is 0 Å². The van der Waals surface area contributed by atoms with Gasteiger partial charge in [-0.3, -0.25) is 0 Å². The smallest absolute Gasteiger partial charge is 0.00646 e. The maximum absolute atomic E-state index is 5.94. The van der Waals surface area contributed by atoms with Crippen molar-refractivity contribution >= 4 is 0 Å². The fourth-order valence-corrected chi connectivity index (χ4v) is 1.91. The second-order valence-electron chi connectivity index (χ2n) is 3.91. The summed E-state index contributed by atoms with van der Waals surface area (Å²) in [5.41, 5.74) is 5.94. The van der Waals surface area contributed by atoms with E-state index in [4.69, 9.17) is 5.73 Å². The lowest BCUT2D eigenvalue weighted by Crippen LogP contribution is -2.27. The summed E-state index contributed by atoms with van der Waals surface area (Å²) < 4.78 is 0. The van der Waals surface area contributed by atoms with Crippen LogP contribution in [0.4, 0.5) is 0 Å². The van der Waals surface area contributed by atoms with Crippen molar-refractivity contribution in [2.45, 2.75) is 45.6 Å². The van der Waals surface area contributed by atoms with E-state index in [9.17, 15) is 0 Å². The molecule has 0 aromatic carbocycles. The van der Waals surface area contributed by atoms with E-state index in [1.54, 1.807) is 0 Å². The first kappa shape index (κ1) is 8.06. The van der Waals surface area contributed by atoms with E-state index in [2.05, 4.69) is 13.8 Å². The van der Waals surface area contributed by atoms with Gasteiger partial charge in [-0.25, -0.2) is 0 Å². The molecule has 0 aromatic heterocycles. The van der Waals surface area contributed by atoms with Gasteiger partial charge in [-0.1, -0.05) is 26.7 Å². The maximum Gasteiger partial charge on any atom is 0.00646 e. The van der Waals surface area contributed by atoms with Crippen LogP contribution in [0.1, 0.15) is 39.5 Å². The van der Waals surface area contributed by atoms with Crippen LogP contribution < -0.4 is 5.73 Å². The highest BCUT2D eigenvalue weighted by atomic mass is 14.6. The van der Waals surface area contributed by atoms with Crippen molar-refractivity contribution in [1.29, 1.82) is 0 Å². The van der Waals surface area contributed by atoms with E-state index in [1.165, 1.54) is 25.7 Å². The summed E-state index contributed by atoms with van der Waals surface area (Å²) in [4.78, 5) is 0. The van der Waals surface area contributed by atoms with E-state index in [1.807, 2.05) is 0 Å².